The van der Waals surface area contributed by atoms with Crippen molar-refractivity contribution < 1.29 is 17.8 Å². The second kappa shape index (κ2) is 6.00. The summed E-state index contributed by atoms with van der Waals surface area (Å²) in [4.78, 5) is 12.7. The second-order valence-corrected chi connectivity index (χ2v) is 7.01. The maximum atomic E-state index is 12.7. The third-order valence-corrected chi connectivity index (χ3v) is 4.25. The van der Waals surface area contributed by atoms with Crippen LogP contribution in [0, 0.1) is 6.92 Å². The third kappa shape index (κ3) is 3.49. The van der Waals surface area contributed by atoms with Crippen LogP contribution in [0.25, 0.3) is 0 Å². The van der Waals surface area contributed by atoms with E-state index in [9.17, 15) is 13.2 Å². The summed E-state index contributed by atoms with van der Waals surface area (Å²) in [6.07, 6.45) is 0. The van der Waals surface area contributed by atoms with Gasteiger partial charge < -0.3 is 0 Å². The molecule has 22 heavy (non-hydrogen) atoms. The molecule has 2 rings (SSSR count). The lowest BCUT2D eigenvalue weighted by atomic mass is 10.0. The quantitative estimate of drug-likeness (QED) is 0.666. The molecule has 6 nitrogen and oxygen atoms in total. The van der Waals surface area contributed by atoms with E-state index >= 15 is 0 Å². The molecule has 0 fully saturated rings. The summed E-state index contributed by atoms with van der Waals surface area (Å²) in [5.74, 6) is -1.19. The Morgan fingerprint density at radius 3 is 2.55 bits per heavy atom. The third-order valence-electron chi connectivity index (χ3n) is 3.06. The number of rotatable bonds is 4. The second-order valence-electron chi connectivity index (χ2n) is 4.71. The summed E-state index contributed by atoms with van der Waals surface area (Å²) >= 11 is 11.8. The van der Waals surface area contributed by atoms with E-state index in [1.54, 1.807) is 6.92 Å². The fourth-order valence-corrected chi connectivity index (χ4v) is 3.32. The van der Waals surface area contributed by atoms with Crippen LogP contribution in [0.3, 0.4) is 0 Å². The normalized spacial score (nSPS) is 11.7. The van der Waals surface area contributed by atoms with Gasteiger partial charge in [-0.05, 0) is 25.1 Å². The summed E-state index contributed by atoms with van der Waals surface area (Å²) in [7, 11) is -2.81. The average Bonchev–Trinajstić information content (AvgIpc) is 2.61. The molecule has 1 N–H and O–H groups in total. The number of hydrogen-bond acceptors (Lipinski definition) is 4. The van der Waals surface area contributed by atoms with Gasteiger partial charge in [-0.25, -0.2) is 0 Å². The van der Waals surface area contributed by atoms with Crippen LogP contribution in [0.5, 0.6) is 0 Å². The zero-order valence-corrected chi connectivity index (χ0v) is 14.0. The van der Waals surface area contributed by atoms with Gasteiger partial charge in [-0.1, -0.05) is 23.2 Å². The smallest absolute Gasteiger partial charge is 0.270 e. The molecule has 2 aromatic rings. The standard InChI is InChI=1S/C13H12Cl2N2O4S/c1-7-12(11(17(2)16-7)6-22(19,20)21)13(18)9-4-3-8(14)5-10(9)15/h3-5H,6H2,1-2H3,(H,19,20,21). The first-order valence-corrected chi connectivity index (χ1v) is 8.44. The monoisotopic (exact) mass is 362 g/mol. The predicted molar refractivity (Wildman–Crippen MR) is 83.1 cm³/mol. The van der Waals surface area contributed by atoms with Gasteiger partial charge in [0.25, 0.3) is 10.1 Å². The van der Waals surface area contributed by atoms with Crippen molar-refractivity contribution in [3.63, 3.8) is 0 Å². The van der Waals surface area contributed by atoms with Crippen LogP contribution in [0.1, 0.15) is 27.3 Å². The maximum Gasteiger partial charge on any atom is 0.270 e. The number of carbonyl (C=O) groups is 1. The summed E-state index contributed by atoms with van der Waals surface area (Å²) < 4.78 is 32.6. The number of hydrogen-bond donors (Lipinski definition) is 1. The molecule has 0 saturated carbocycles. The van der Waals surface area contributed by atoms with Crippen molar-refractivity contribution in [3.05, 3.63) is 50.8 Å². The van der Waals surface area contributed by atoms with Crippen molar-refractivity contribution in [1.82, 2.24) is 9.78 Å². The number of halogens is 2. The van der Waals surface area contributed by atoms with Gasteiger partial charge in [0.1, 0.15) is 5.75 Å². The highest BCUT2D eigenvalue weighted by Crippen LogP contribution is 2.26. The minimum Gasteiger partial charge on any atom is -0.288 e. The molecule has 0 atom stereocenters. The van der Waals surface area contributed by atoms with E-state index in [4.69, 9.17) is 27.8 Å². The Bertz CT molecular complexity index is 859. The van der Waals surface area contributed by atoms with Crippen LogP contribution < -0.4 is 0 Å². The first-order valence-electron chi connectivity index (χ1n) is 6.07. The Kier molecular flexibility index (Phi) is 4.62. The molecule has 118 valence electrons. The molecule has 0 amide bonds. The lowest BCUT2D eigenvalue weighted by Crippen LogP contribution is -2.12. The van der Waals surface area contributed by atoms with E-state index in [2.05, 4.69) is 5.10 Å². The summed E-state index contributed by atoms with van der Waals surface area (Å²) in [6.45, 7) is 1.57. The van der Waals surface area contributed by atoms with Gasteiger partial charge in [0, 0.05) is 17.6 Å². The van der Waals surface area contributed by atoms with Crippen molar-refractivity contribution in [2.75, 3.05) is 0 Å². The van der Waals surface area contributed by atoms with Crippen molar-refractivity contribution in [1.29, 1.82) is 0 Å². The average molecular weight is 363 g/mol. The molecule has 1 heterocycles. The lowest BCUT2D eigenvalue weighted by molar-refractivity contribution is 0.103. The fourth-order valence-electron chi connectivity index (χ4n) is 2.15. The zero-order valence-electron chi connectivity index (χ0n) is 11.7. The first-order chi connectivity index (χ1) is 10.1. The Balaban J connectivity index is 2.59. The van der Waals surface area contributed by atoms with Gasteiger partial charge in [-0.3, -0.25) is 14.0 Å². The van der Waals surface area contributed by atoms with Crippen LogP contribution in [-0.4, -0.2) is 28.5 Å². The Morgan fingerprint density at radius 1 is 1.36 bits per heavy atom. The topological polar surface area (TPSA) is 89.3 Å². The molecule has 0 aliphatic rings. The van der Waals surface area contributed by atoms with Crippen molar-refractivity contribution in [2.24, 2.45) is 7.05 Å². The number of carbonyl (C=O) groups excluding carboxylic acids is 1. The number of aryl methyl sites for hydroxylation is 2. The molecule has 9 heteroatoms. The number of aromatic nitrogens is 2. The summed E-state index contributed by atoms with van der Waals surface area (Å²) in [6, 6.07) is 4.38. The number of ketones is 1. The molecular weight excluding hydrogens is 351 g/mol. The van der Waals surface area contributed by atoms with Crippen LogP contribution in [-0.2, 0) is 22.9 Å². The van der Waals surface area contributed by atoms with Crippen LogP contribution in [0.2, 0.25) is 10.0 Å². The van der Waals surface area contributed by atoms with Gasteiger partial charge in [0.2, 0.25) is 0 Å². The Morgan fingerprint density at radius 2 is 2.00 bits per heavy atom. The highest BCUT2D eigenvalue weighted by molar-refractivity contribution is 7.85. The predicted octanol–water partition coefficient (Wildman–Crippen LogP) is 2.65. The molecule has 0 saturated heterocycles. The molecule has 0 aliphatic heterocycles. The molecule has 0 aliphatic carbocycles. The van der Waals surface area contributed by atoms with Crippen LogP contribution >= 0.6 is 23.2 Å². The van der Waals surface area contributed by atoms with E-state index in [-0.39, 0.29) is 21.8 Å². The van der Waals surface area contributed by atoms with E-state index in [0.717, 1.165) is 0 Å². The number of nitrogens with zero attached hydrogens (tertiary/aromatic N) is 2. The maximum absolute atomic E-state index is 12.7. The molecule has 0 unspecified atom stereocenters. The molecular formula is C13H12Cl2N2O4S. The minimum atomic E-state index is -4.31. The van der Waals surface area contributed by atoms with Gasteiger partial charge >= 0.3 is 0 Å². The van der Waals surface area contributed by atoms with E-state index in [1.807, 2.05) is 0 Å². The van der Waals surface area contributed by atoms with Crippen molar-refractivity contribution >= 4 is 39.1 Å². The van der Waals surface area contributed by atoms with Crippen molar-refractivity contribution in [2.45, 2.75) is 12.7 Å². The first kappa shape index (κ1) is 17.0. The molecule has 1 aromatic carbocycles. The molecule has 0 spiro atoms. The largest absolute Gasteiger partial charge is 0.288 e. The van der Waals surface area contributed by atoms with E-state index in [0.29, 0.717) is 10.7 Å². The van der Waals surface area contributed by atoms with Crippen molar-refractivity contribution in [3.8, 4) is 0 Å². The van der Waals surface area contributed by atoms with Crippen LogP contribution in [0.4, 0.5) is 0 Å². The summed E-state index contributed by atoms with van der Waals surface area (Å²) in [5.41, 5.74) is 0.719. The molecule has 0 bridgehead atoms. The fraction of sp³-hybridized carbons (Fsp3) is 0.231. The Hall–Kier alpha value is -1.41. The van der Waals surface area contributed by atoms with Crippen LogP contribution in [0.15, 0.2) is 18.2 Å². The summed E-state index contributed by atoms with van der Waals surface area (Å²) in [5, 5.41) is 4.57. The SMILES string of the molecule is Cc1nn(C)c(CS(=O)(=O)O)c1C(=O)c1ccc(Cl)cc1Cl. The van der Waals surface area contributed by atoms with Gasteiger partial charge in [-0.15, -0.1) is 0 Å². The zero-order chi connectivity index (χ0) is 16.7. The highest BCUT2D eigenvalue weighted by Gasteiger charge is 2.25. The number of benzene rings is 1. The van der Waals surface area contributed by atoms with E-state index in [1.165, 1.54) is 29.9 Å². The Labute approximate surface area is 137 Å². The van der Waals surface area contributed by atoms with Gasteiger partial charge in [-0.2, -0.15) is 13.5 Å². The molecule has 0 radical (unpaired) electrons. The lowest BCUT2D eigenvalue weighted by Gasteiger charge is -2.07. The highest BCUT2D eigenvalue weighted by atomic mass is 35.5. The van der Waals surface area contributed by atoms with Gasteiger partial charge in [0.05, 0.1) is 22.0 Å². The van der Waals surface area contributed by atoms with E-state index < -0.39 is 21.7 Å². The van der Waals surface area contributed by atoms with Gasteiger partial charge in [0.15, 0.2) is 5.78 Å². The minimum absolute atomic E-state index is 0.0935. The molecule has 1 aromatic heterocycles.